The SMILES string of the molecule is CN1c2ccccc2CCc2ccc(CC(=O)O)cc21. The van der Waals surface area contributed by atoms with E-state index >= 15 is 0 Å². The average molecular weight is 267 g/mol. The van der Waals surface area contributed by atoms with Crippen molar-refractivity contribution >= 4 is 17.3 Å². The maximum Gasteiger partial charge on any atom is 0.307 e. The summed E-state index contributed by atoms with van der Waals surface area (Å²) in [6.45, 7) is 0. The third kappa shape index (κ3) is 2.27. The van der Waals surface area contributed by atoms with Gasteiger partial charge in [-0.25, -0.2) is 0 Å². The van der Waals surface area contributed by atoms with Gasteiger partial charge >= 0.3 is 5.97 Å². The van der Waals surface area contributed by atoms with Crippen molar-refractivity contribution < 1.29 is 9.90 Å². The maximum absolute atomic E-state index is 10.9. The van der Waals surface area contributed by atoms with Crippen LogP contribution in [0.3, 0.4) is 0 Å². The first-order chi connectivity index (χ1) is 9.65. The summed E-state index contributed by atoms with van der Waals surface area (Å²) in [4.78, 5) is 13.0. The number of aliphatic carboxylic acids is 1. The van der Waals surface area contributed by atoms with Crippen LogP contribution in [0.5, 0.6) is 0 Å². The summed E-state index contributed by atoms with van der Waals surface area (Å²) in [6, 6.07) is 14.4. The van der Waals surface area contributed by atoms with Crippen LogP contribution in [0.15, 0.2) is 42.5 Å². The Kier molecular flexibility index (Phi) is 3.18. The van der Waals surface area contributed by atoms with Crippen LogP contribution in [0.4, 0.5) is 11.4 Å². The second-order valence-electron chi connectivity index (χ2n) is 5.22. The largest absolute Gasteiger partial charge is 0.481 e. The molecule has 2 aromatic rings. The van der Waals surface area contributed by atoms with E-state index in [0.717, 1.165) is 24.1 Å². The van der Waals surface area contributed by atoms with Gasteiger partial charge < -0.3 is 10.0 Å². The third-order valence-electron chi connectivity index (χ3n) is 3.88. The number of carbonyl (C=O) groups is 1. The maximum atomic E-state index is 10.9. The van der Waals surface area contributed by atoms with Crippen molar-refractivity contribution in [3.63, 3.8) is 0 Å². The van der Waals surface area contributed by atoms with Crippen LogP contribution in [0.2, 0.25) is 0 Å². The molecular weight excluding hydrogens is 250 g/mol. The number of hydrogen-bond donors (Lipinski definition) is 1. The summed E-state index contributed by atoms with van der Waals surface area (Å²) < 4.78 is 0. The van der Waals surface area contributed by atoms with Gasteiger partial charge in [0, 0.05) is 18.4 Å². The van der Waals surface area contributed by atoms with Crippen LogP contribution >= 0.6 is 0 Å². The van der Waals surface area contributed by atoms with E-state index < -0.39 is 5.97 Å². The van der Waals surface area contributed by atoms with Crippen molar-refractivity contribution in [3.8, 4) is 0 Å². The van der Waals surface area contributed by atoms with E-state index in [0.29, 0.717) is 0 Å². The highest BCUT2D eigenvalue weighted by Gasteiger charge is 2.17. The van der Waals surface area contributed by atoms with Crippen molar-refractivity contribution in [3.05, 3.63) is 59.2 Å². The van der Waals surface area contributed by atoms with E-state index in [-0.39, 0.29) is 6.42 Å². The minimum Gasteiger partial charge on any atom is -0.481 e. The monoisotopic (exact) mass is 267 g/mol. The highest BCUT2D eigenvalue weighted by molar-refractivity contribution is 5.74. The molecule has 0 radical (unpaired) electrons. The zero-order valence-electron chi connectivity index (χ0n) is 11.5. The molecule has 20 heavy (non-hydrogen) atoms. The summed E-state index contributed by atoms with van der Waals surface area (Å²) in [6.07, 6.45) is 2.08. The van der Waals surface area contributed by atoms with E-state index in [1.54, 1.807) is 0 Å². The molecule has 1 aliphatic rings. The molecule has 102 valence electrons. The fourth-order valence-electron chi connectivity index (χ4n) is 2.87. The number of para-hydroxylation sites is 1. The van der Waals surface area contributed by atoms with Gasteiger partial charge in [0.2, 0.25) is 0 Å². The van der Waals surface area contributed by atoms with E-state index in [2.05, 4.69) is 29.2 Å². The van der Waals surface area contributed by atoms with Crippen LogP contribution in [-0.2, 0) is 24.1 Å². The van der Waals surface area contributed by atoms with E-state index in [1.165, 1.54) is 16.8 Å². The number of fused-ring (bicyclic) bond motifs is 2. The van der Waals surface area contributed by atoms with E-state index in [9.17, 15) is 4.79 Å². The van der Waals surface area contributed by atoms with Gasteiger partial charge in [-0.15, -0.1) is 0 Å². The topological polar surface area (TPSA) is 40.5 Å². The Morgan fingerprint density at radius 1 is 1.10 bits per heavy atom. The average Bonchev–Trinajstić information content (AvgIpc) is 2.57. The molecule has 1 heterocycles. The van der Waals surface area contributed by atoms with Crippen molar-refractivity contribution in [2.45, 2.75) is 19.3 Å². The fraction of sp³-hybridized carbons (Fsp3) is 0.235. The van der Waals surface area contributed by atoms with Gasteiger partial charge in [0.25, 0.3) is 0 Å². The van der Waals surface area contributed by atoms with E-state index in [4.69, 9.17) is 5.11 Å². The molecule has 0 spiro atoms. The molecule has 0 atom stereocenters. The number of hydrogen-bond acceptors (Lipinski definition) is 2. The normalized spacial score (nSPS) is 13.3. The van der Waals surface area contributed by atoms with Gasteiger partial charge in [-0.2, -0.15) is 0 Å². The fourth-order valence-corrected chi connectivity index (χ4v) is 2.87. The molecule has 0 saturated carbocycles. The van der Waals surface area contributed by atoms with Gasteiger partial charge in [0.15, 0.2) is 0 Å². The minimum atomic E-state index is -0.790. The molecule has 0 aliphatic carbocycles. The van der Waals surface area contributed by atoms with Gasteiger partial charge in [-0.05, 0) is 41.7 Å². The molecule has 3 heteroatoms. The zero-order valence-corrected chi connectivity index (χ0v) is 11.5. The molecule has 1 N–H and O–H groups in total. The lowest BCUT2D eigenvalue weighted by Crippen LogP contribution is -2.12. The Morgan fingerprint density at radius 3 is 2.55 bits per heavy atom. The van der Waals surface area contributed by atoms with Crippen molar-refractivity contribution in [1.29, 1.82) is 0 Å². The predicted molar refractivity (Wildman–Crippen MR) is 79.7 cm³/mol. The van der Waals surface area contributed by atoms with Crippen molar-refractivity contribution in [1.82, 2.24) is 0 Å². The number of carboxylic acid groups (broad SMARTS) is 1. The number of anilines is 2. The Morgan fingerprint density at radius 2 is 1.80 bits per heavy atom. The van der Waals surface area contributed by atoms with Crippen LogP contribution < -0.4 is 4.90 Å². The number of rotatable bonds is 2. The lowest BCUT2D eigenvalue weighted by molar-refractivity contribution is -0.136. The predicted octanol–water partition coefficient (Wildman–Crippen LogP) is 3.18. The summed E-state index contributed by atoms with van der Waals surface area (Å²) in [5, 5.41) is 8.94. The summed E-state index contributed by atoms with van der Waals surface area (Å²) in [5.74, 6) is -0.790. The summed E-state index contributed by atoms with van der Waals surface area (Å²) in [7, 11) is 2.05. The highest BCUT2D eigenvalue weighted by atomic mass is 16.4. The molecule has 0 fully saturated rings. The second kappa shape index (κ2) is 5.00. The first kappa shape index (κ1) is 12.7. The summed E-state index contributed by atoms with van der Waals surface area (Å²) in [5.41, 5.74) is 5.79. The second-order valence-corrected chi connectivity index (χ2v) is 5.22. The molecule has 1 aliphatic heterocycles. The molecule has 0 unspecified atom stereocenters. The molecule has 0 bridgehead atoms. The quantitative estimate of drug-likeness (QED) is 0.908. The van der Waals surface area contributed by atoms with E-state index in [1.807, 2.05) is 25.2 Å². The Hall–Kier alpha value is -2.29. The first-order valence-corrected chi connectivity index (χ1v) is 6.80. The van der Waals surface area contributed by atoms with Crippen molar-refractivity contribution in [2.75, 3.05) is 11.9 Å². The van der Waals surface area contributed by atoms with Crippen LogP contribution in [-0.4, -0.2) is 18.1 Å². The molecule has 0 amide bonds. The molecule has 3 rings (SSSR count). The number of carboxylic acids is 1. The van der Waals surface area contributed by atoms with Crippen LogP contribution in [0, 0.1) is 0 Å². The highest BCUT2D eigenvalue weighted by Crippen LogP contribution is 2.35. The Bertz CT molecular complexity index is 664. The third-order valence-corrected chi connectivity index (χ3v) is 3.88. The molecule has 0 saturated heterocycles. The minimum absolute atomic E-state index is 0.0722. The standard InChI is InChI=1S/C17H17NO2/c1-18-15-5-3-2-4-13(15)8-9-14-7-6-12(10-16(14)18)11-17(19)20/h2-7,10H,8-9,11H2,1H3,(H,19,20). The first-order valence-electron chi connectivity index (χ1n) is 6.80. The van der Waals surface area contributed by atoms with Gasteiger partial charge in [0.1, 0.15) is 0 Å². The van der Waals surface area contributed by atoms with Gasteiger partial charge in [-0.1, -0.05) is 30.3 Å². The van der Waals surface area contributed by atoms with Crippen molar-refractivity contribution in [2.24, 2.45) is 0 Å². The number of benzene rings is 2. The lowest BCUT2D eigenvalue weighted by atomic mass is 10.0. The number of aryl methyl sites for hydroxylation is 2. The number of nitrogens with zero attached hydrogens (tertiary/aromatic N) is 1. The van der Waals surface area contributed by atoms with Gasteiger partial charge in [-0.3, -0.25) is 4.79 Å². The summed E-state index contributed by atoms with van der Waals surface area (Å²) >= 11 is 0. The Labute approximate surface area is 118 Å². The molecule has 0 aromatic heterocycles. The van der Waals surface area contributed by atoms with Crippen LogP contribution in [0.1, 0.15) is 16.7 Å². The smallest absolute Gasteiger partial charge is 0.307 e. The molecular formula is C17H17NO2. The van der Waals surface area contributed by atoms with Gasteiger partial charge in [0.05, 0.1) is 6.42 Å². The lowest BCUT2D eigenvalue weighted by Gasteiger charge is -2.22. The van der Waals surface area contributed by atoms with Crippen LogP contribution in [0.25, 0.3) is 0 Å². The zero-order chi connectivity index (χ0) is 14.1. The molecule has 3 nitrogen and oxygen atoms in total. The Balaban J connectivity index is 2.06. The molecule has 2 aromatic carbocycles.